The summed E-state index contributed by atoms with van der Waals surface area (Å²) in [6, 6.07) is 6.64. The van der Waals surface area contributed by atoms with Crippen LogP contribution in [0, 0.1) is 6.92 Å². The molecule has 0 aliphatic heterocycles. The van der Waals surface area contributed by atoms with Crippen molar-refractivity contribution >= 4 is 58.5 Å². The number of hydrogen-bond donors (Lipinski definition) is 1. The summed E-state index contributed by atoms with van der Waals surface area (Å²) in [5.74, 6) is 0.190. The second kappa shape index (κ2) is 6.32. The average molecular weight is 416 g/mol. The Morgan fingerprint density at radius 1 is 1.00 bits per heavy atom. The third kappa shape index (κ3) is 3.04. The number of rotatable bonds is 1. The Morgan fingerprint density at radius 3 is 2.11 bits per heavy atom. The Bertz CT molecular complexity index is 573. The number of aromatic hydroxyl groups is 1. The zero-order valence-electron chi connectivity index (χ0n) is 9.25. The minimum atomic E-state index is 0. The number of aromatic nitrogens is 1. The smallest absolute Gasteiger partial charge is 0.149 e. The first-order valence-corrected chi connectivity index (χ1v) is 5.94. The van der Waals surface area contributed by atoms with Crippen molar-refractivity contribution in [3.05, 3.63) is 45.2 Å². The summed E-state index contributed by atoms with van der Waals surface area (Å²) in [5, 5.41) is 10.0. The second-order valence-corrected chi connectivity index (χ2v) is 4.65. The topological polar surface area (TPSA) is 33.1 Å². The van der Waals surface area contributed by atoms with Gasteiger partial charge in [0.1, 0.15) is 10.9 Å². The zero-order chi connectivity index (χ0) is 12.6. The van der Waals surface area contributed by atoms with E-state index in [1.165, 1.54) is 0 Å². The molecule has 94 valence electrons. The van der Waals surface area contributed by atoms with E-state index in [9.17, 15) is 5.11 Å². The van der Waals surface area contributed by atoms with Crippen LogP contribution in [0.3, 0.4) is 0 Å². The Labute approximate surface area is 137 Å². The molecule has 0 bridgehead atoms. The van der Waals surface area contributed by atoms with Gasteiger partial charge in [-0.25, -0.2) is 4.98 Å². The fraction of sp³-hybridized carbons (Fsp3) is 0.0833. The van der Waals surface area contributed by atoms with E-state index in [1.807, 2.05) is 0 Å². The molecule has 2 rings (SSSR count). The number of benzene rings is 1. The standard InChI is InChI=1S/C12H8Cl3NO.Te/c1-6-9(7-2-4-8(17)5-3-7)10(13)11(14)12(15)16-6;/h2-5,17H,1H3;. The van der Waals surface area contributed by atoms with Crippen LogP contribution >= 0.6 is 34.8 Å². The van der Waals surface area contributed by atoms with Crippen LogP contribution in [0.4, 0.5) is 0 Å². The van der Waals surface area contributed by atoms with E-state index in [0.717, 1.165) is 11.1 Å². The molecule has 1 aromatic heterocycles. The Balaban J connectivity index is 0.00000162. The van der Waals surface area contributed by atoms with E-state index >= 15 is 0 Å². The van der Waals surface area contributed by atoms with Gasteiger partial charge in [0.25, 0.3) is 0 Å². The van der Waals surface area contributed by atoms with Crippen LogP contribution in [0.2, 0.25) is 15.2 Å². The summed E-state index contributed by atoms with van der Waals surface area (Å²) in [4.78, 5) is 4.12. The van der Waals surface area contributed by atoms with Gasteiger partial charge >= 0.3 is 0 Å². The molecule has 2 aromatic rings. The number of phenols is 1. The molecule has 0 fully saturated rings. The molecule has 1 aromatic carbocycles. The third-order valence-electron chi connectivity index (χ3n) is 2.38. The molecule has 1 N–H and O–H groups in total. The van der Waals surface area contributed by atoms with Crippen molar-refractivity contribution in [1.82, 2.24) is 4.98 Å². The molecule has 0 aliphatic rings. The summed E-state index contributed by atoms with van der Waals surface area (Å²) in [5.41, 5.74) is 2.24. The number of phenolic OH excluding ortho intramolecular Hbond substituents is 1. The van der Waals surface area contributed by atoms with E-state index in [2.05, 4.69) is 4.98 Å². The molecular formula is C12H8Cl3NOTe. The molecule has 2 nitrogen and oxygen atoms in total. The fourth-order valence-corrected chi connectivity index (χ4v) is 2.32. The molecule has 1 heterocycles. The summed E-state index contributed by atoms with van der Waals surface area (Å²) in [7, 11) is 0. The average Bonchev–Trinajstić information content (AvgIpc) is 2.29. The van der Waals surface area contributed by atoms with Crippen LogP contribution in [0.15, 0.2) is 24.3 Å². The first kappa shape index (κ1) is 15.9. The van der Waals surface area contributed by atoms with Crippen LogP contribution in [0.5, 0.6) is 5.75 Å². The van der Waals surface area contributed by atoms with Gasteiger partial charge in [0.2, 0.25) is 0 Å². The van der Waals surface area contributed by atoms with Crippen LogP contribution in [0.1, 0.15) is 5.69 Å². The van der Waals surface area contributed by atoms with E-state index in [4.69, 9.17) is 34.8 Å². The Hall–Kier alpha value is -0.170. The Morgan fingerprint density at radius 2 is 1.56 bits per heavy atom. The maximum atomic E-state index is 9.25. The molecule has 0 spiro atoms. The Kier molecular flexibility index (Phi) is 5.58. The van der Waals surface area contributed by atoms with Gasteiger partial charge in [0.05, 0.1) is 10.0 Å². The number of pyridine rings is 1. The van der Waals surface area contributed by atoms with Crippen molar-refractivity contribution in [3.8, 4) is 16.9 Å². The third-order valence-corrected chi connectivity index (χ3v) is 3.59. The predicted octanol–water partition coefficient (Wildman–Crippen LogP) is 4.34. The van der Waals surface area contributed by atoms with Crippen molar-refractivity contribution in [2.75, 3.05) is 0 Å². The van der Waals surface area contributed by atoms with Crippen molar-refractivity contribution in [1.29, 1.82) is 0 Å². The molecule has 0 amide bonds. The van der Waals surface area contributed by atoms with Gasteiger partial charge in [0.15, 0.2) is 0 Å². The summed E-state index contributed by atoms with van der Waals surface area (Å²) in [6.45, 7) is 1.80. The molecule has 18 heavy (non-hydrogen) atoms. The summed E-state index contributed by atoms with van der Waals surface area (Å²) >= 11 is 18.0. The molecule has 0 aliphatic carbocycles. The normalized spacial score (nSPS) is 10.0. The van der Waals surface area contributed by atoms with E-state index in [0.29, 0.717) is 10.7 Å². The van der Waals surface area contributed by atoms with Crippen LogP contribution < -0.4 is 0 Å². The van der Waals surface area contributed by atoms with Gasteiger partial charge in [0, 0.05) is 34.9 Å². The van der Waals surface area contributed by atoms with Crippen molar-refractivity contribution in [2.45, 2.75) is 6.92 Å². The van der Waals surface area contributed by atoms with Crippen molar-refractivity contribution in [2.24, 2.45) is 0 Å². The van der Waals surface area contributed by atoms with Gasteiger partial charge in [-0.05, 0) is 24.6 Å². The fourth-order valence-electron chi connectivity index (χ4n) is 1.58. The van der Waals surface area contributed by atoms with Crippen molar-refractivity contribution < 1.29 is 5.11 Å². The maximum absolute atomic E-state index is 9.25. The number of nitrogens with zero attached hydrogens (tertiary/aromatic N) is 1. The minimum Gasteiger partial charge on any atom is -0.508 e. The first-order chi connectivity index (χ1) is 8.00. The predicted molar refractivity (Wildman–Crippen MR) is 76.9 cm³/mol. The maximum Gasteiger partial charge on any atom is 0.149 e. The van der Waals surface area contributed by atoms with Crippen LogP contribution in [0.25, 0.3) is 11.1 Å². The quantitative estimate of drug-likeness (QED) is 0.555. The monoisotopic (exact) mass is 417 g/mol. The molecule has 0 unspecified atom stereocenters. The molecule has 2 radical (unpaired) electrons. The number of hydrogen-bond acceptors (Lipinski definition) is 2. The van der Waals surface area contributed by atoms with Crippen LogP contribution in [-0.4, -0.2) is 33.8 Å². The van der Waals surface area contributed by atoms with Gasteiger partial charge in [-0.15, -0.1) is 0 Å². The summed E-state index contributed by atoms with van der Waals surface area (Å²) in [6.07, 6.45) is 0. The number of halogens is 3. The van der Waals surface area contributed by atoms with Crippen molar-refractivity contribution in [3.63, 3.8) is 0 Å². The SMILES string of the molecule is Cc1nc(Cl)c(Cl)c(Cl)c1-c1ccc(O)cc1.[Te]. The van der Waals surface area contributed by atoms with E-state index in [-0.39, 0.29) is 39.6 Å². The van der Waals surface area contributed by atoms with Gasteiger partial charge in [-0.3, -0.25) is 0 Å². The molecule has 0 atom stereocenters. The summed E-state index contributed by atoms with van der Waals surface area (Å²) < 4.78 is 0. The zero-order valence-corrected chi connectivity index (χ0v) is 13.8. The first-order valence-electron chi connectivity index (χ1n) is 4.81. The van der Waals surface area contributed by atoms with Gasteiger partial charge in [-0.2, -0.15) is 0 Å². The van der Waals surface area contributed by atoms with E-state index < -0.39 is 0 Å². The molecule has 0 saturated carbocycles. The van der Waals surface area contributed by atoms with Gasteiger partial charge in [-0.1, -0.05) is 46.9 Å². The van der Waals surface area contributed by atoms with Crippen LogP contribution in [-0.2, 0) is 0 Å². The molecule has 0 saturated heterocycles. The largest absolute Gasteiger partial charge is 0.508 e. The second-order valence-electron chi connectivity index (χ2n) is 3.54. The number of aryl methyl sites for hydroxylation is 1. The van der Waals surface area contributed by atoms with E-state index in [1.54, 1.807) is 31.2 Å². The van der Waals surface area contributed by atoms with Gasteiger partial charge < -0.3 is 5.11 Å². The minimum absolute atomic E-state index is 0. The molecular weight excluding hydrogens is 408 g/mol. The molecule has 6 heteroatoms.